The Kier molecular flexibility index (Phi) is 8.03. The molecular formula is C22H19Cl3N2O4S. The van der Waals surface area contributed by atoms with Crippen LogP contribution in [0.1, 0.15) is 5.56 Å². The molecule has 0 aliphatic heterocycles. The minimum atomic E-state index is -4.18. The summed E-state index contributed by atoms with van der Waals surface area (Å²) in [5.41, 5.74) is 1.02. The van der Waals surface area contributed by atoms with Gasteiger partial charge < -0.3 is 10.1 Å². The van der Waals surface area contributed by atoms with Crippen LogP contribution in [0.3, 0.4) is 0 Å². The van der Waals surface area contributed by atoms with Crippen molar-refractivity contribution in [3.63, 3.8) is 0 Å². The Morgan fingerprint density at radius 1 is 0.969 bits per heavy atom. The van der Waals surface area contributed by atoms with Gasteiger partial charge in [-0.05, 0) is 48.4 Å². The van der Waals surface area contributed by atoms with Gasteiger partial charge in [-0.15, -0.1) is 0 Å². The molecule has 3 aromatic rings. The molecule has 0 aliphatic carbocycles. The lowest BCUT2D eigenvalue weighted by atomic mass is 10.1. The summed E-state index contributed by atoms with van der Waals surface area (Å²) < 4.78 is 34.0. The van der Waals surface area contributed by atoms with Crippen molar-refractivity contribution in [2.75, 3.05) is 12.4 Å². The van der Waals surface area contributed by atoms with E-state index in [2.05, 4.69) is 10.0 Å². The number of nitrogens with one attached hydrogen (secondary N) is 2. The number of ether oxygens (including phenoxy) is 1. The molecule has 6 nitrogen and oxygen atoms in total. The summed E-state index contributed by atoms with van der Waals surface area (Å²) in [5, 5.41) is 3.49. The van der Waals surface area contributed by atoms with Gasteiger partial charge in [-0.1, -0.05) is 65.1 Å². The first-order valence-corrected chi connectivity index (χ1v) is 12.0. The lowest BCUT2D eigenvalue weighted by molar-refractivity contribution is -0.117. The van der Waals surface area contributed by atoms with E-state index in [1.54, 1.807) is 30.3 Å². The molecule has 3 rings (SSSR count). The fourth-order valence-electron chi connectivity index (χ4n) is 2.96. The lowest BCUT2D eigenvalue weighted by Gasteiger charge is -2.20. The van der Waals surface area contributed by atoms with Crippen LogP contribution in [0.2, 0.25) is 15.1 Å². The van der Waals surface area contributed by atoms with Crippen molar-refractivity contribution in [2.24, 2.45) is 0 Å². The third kappa shape index (κ3) is 6.15. The minimum Gasteiger partial charge on any atom is -0.495 e. The molecule has 0 radical (unpaired) electrons. The number of carbonyl (C=O) groups is 1. The largest absolute Gasteiger partial charge is 0.495 e. The zero-order valence-corrected chi connectivity index (χ0v) is 19.9. The van der Waals surface area contributed by atoms with E-state index in [-0.39, 0.29) is 32.8 Å². The number of methoxy groups -OCH3 is 1. The third-order valence-corrected chi connectivity index (χ3v) is 6.79. The van der Waals surface area contributed by atoms with E-state index in [1.807, 2.05) is 6.07 Å². The minimum absolute atomic E-state index is 0.0902. The highest BCUT2D eigenvalue weighted by molar-refractivity contribution is 7.89. The van der Waals surface area contributed by atoms with Gasteiger partial charge in [0, 0.05) is 10.0 Å². The predicted molar refractivity (Wildman–Crippen MR) is 127 cm³/mol. The molecule has 1 atom stereocenters. The fraction of sp³-hybridized carbons (Fsp3) is 0.136. The van der Waals surface area contributed by atoms with Crippen LogP contribution in [-0.4, -0.2) is 27.5 Å². The maximum Gasteiger partial charge on any atom is 0.245 e. The van der Waals surface area contributed by atoms with Gasteiger partial charge in [-0.2, -0.15) is 4.72 Å². The summed E-state index contributed by atoms with van der Waals surface area (Å²) >= 11 is 18.1. The van der Waals surface area contributed by atoms with Gasteiger partial charge >= 0.3 is 0 Å². The van der Waals surface area contributed by atoms with Gasteiger partial charge in [0.25, 0.3) is 0 Å². The molecule has 0 unspecified atom stereocenters. The zero-order valence-electron chi connectivity index (χ0n) is 16.8. The van der Waals surface area contributed by atoms with Gasteiger partial charge in [-0.25, -0.2) is 8.42 Å². The van der Waals surface area contributed by atoms with Crippen molar-refractivity contribution in [1.29, 1.82) is 0 Å². The molecule has 1 amide bonds. The Balaban J connectivity index is 1.95. The fourth-order valence-corrected chi connectivity index (χ4v) is 4.93. The average molecular weight is 514 g/mol. The van der Waals surface area contributed by atoms with E-state index < -0.39 is 22.0 Å². The molecule has 168 valence electrons. The molecule has 0 aromatic heterocycles. The van der Waals surface area contributed by atoms with Crippen molar-refractivity contribution >= 4 is 56.4 Å². The van der Waals surface area contributed by atoms with E-state index in [1.165, 1.54) is 37.4 Å². The zero-order chi connectivity index (χ0) is 23.3. The van der Waals surface area contributed by atoms with E-state index >= 15 is 0 Å². The molecular weight excluding hydrogens is 495 g/mol. The summed E-state index contributed by atoms with van der Waals surface area (Å²) in [6.45, 7) is 0. The van der Waals surface area contributed by atoms with Crippen molar-refractivity contribution in [3.05, 3.63) is 87.4 Å². The monoisotopic (exact) mass is 512 g/mol. The number of amides is 1. The predicted octanol–water partition coefficient (Wildman–Crippen LogP) is 5.18. The Morgan fingerprint density at radius 3 is 2.31 bits per heavy atom. The van der Waals surface area contributed by atoms with E-state index in [0.29, 0.717) is 5.02 Å². The topological polar surface area (TPSA) is 84.5 Å². The van der Waals surface area contributed by atoms with Crippen LogP contribution in [0.4, 0.5) is 5.69 Å². The second-order valence-electron chi connectivity index (χ2n) is 6.77. The molecule has 0 saturated carbocycles. The van der Waals surface area contributed by atoms with Crippen LogP contribution >= 0.6 is 34.8 Å². The number of halogens is 3. The molecule has 32 heavy (non-hydrogen) atoms. The maximum absolute atomic E-state index is 13.2. The van der Waals surface area contributed by atoms with Crippen molar-refractivity contribution in [2.45, 2.75) is 17.4 Å². The molecule has 2 N–H and O–H groups in total. The van der Waals surface area contributed by atoms with Crippen LogP contribution in [0.5, 0.6) is 5.75 Å². The number of anilines is 1. The van der Waals surface area contributed by atoms with Crippen LogP contribution < -0.4 is 14.8 Å². The second-order valence-corrected chi connectivity index (χ2v) is 9.73. The van der Waals surface area contributed by atoms with Crippen molar-refractivity contribution < 1.29 is 17.9 Å². The smallest absolute Gasteiger partial charge is 0.245 e. The number of carbonyl (C=O) groups excluding carboxylic acids is 1. The van der Waals surface area contributed by atoms with E-state index in [4.69, 9.17) is 39.5 Å². The van der Waals surface area contributed by atoms with Gasteiger partial charge in [0.05, 0.1) is 17.8 Å². The summed E-state index contributed by atoms with van der Waals surface area (Å²) in [6, 6.07) is 16.6. The van der Waals surface area contributed by atoms with Crippen LogP contribution in [0.15, 0.2) is 71.6 Å². The first-order valence-electron chi connectivity index (χ1n) is 9.35. The normalized spacial score (nSPS) is 12.2. The first kappa shape index (κ1) is 24.4. The van der Waals surface area contributed by atoms with Gasteiger partial charge in [0.1, 0.15) is 16.7 Å². The van der Waals surface area contributed by atoms with Gasteiger partial charge in [0.2, 0.25) is 15.9 Å². The highest BCUT2D eigenvalue weighted by atomic mass is 35.5. The van der Waals surface area contributed by atoms with E-state index in [9.17, 15) is 13.2 Å². The maximum atomic E-state index is 13.2. The third-order valence-electron chi connectivity index (χ3n) is 4.50. The number of hydrogen-bond acceptors (Lipinski definition) is 4. The number of benzene rings is 3. The molecule has 0 saturated heterocycles. The second kappa shape index (κ2) is 10.6. The molecule has 10 heteroatoms. The van der Waals surface area contributed by atoms with Crippen molar-refractivity contribution in [3.8, 4) is 5.75 Å². The summed E-state index contributed by atoms with van der Waals surface area (Å²) in [4.78, 5) is 12.9. The number of sulfonamides is 1. The molecule has 3 aromatic carbocycles. The van der Waals surface area contributed by atoms with Crippen LogP contribution in [-0.2, 0) is 21.2 Å². The quantitative estimate of drug-likeness (QED) is 0.434. The Hall–Kier alpha value is -2.29. The standard InChI is InChI=1S/C22H19Cl3N2O4S/c1-31-20-10-8-16(24)13-21(20)32(29,30)27-19(11-14-5-3-2-4-6-14)22(28)26-18-12-15(23)7-9-17(18)25/h2-10,12-13,19,27H,11H2,1H3,(H,26,28)/t19-/m0/s1. The van der Waals surface area contributed by atoms with Crippen molar-refractivity contribution in [1.82, 2.24) is 4.72 Å². The Labute approximate surface area is 201 Å². The molecule has 0 bridgehead atoms. The Morgan fingerprint density at radius 2 is 1.62 bits per heavy atom. The number of hydrogen-bond donors (Lipinski definition) is 2. The van der Waals surface area contributed by atoms with Gasteiger partial charge in [-0.3, -0.25) is 4.79 Å². The average Bonchev–Trinajstić information content (AvgIpc) is 2.76. The summed E-state index contributed by atoms with van der Waals surface area (Å²) in [6.07, 6.45) is 0.0902. The van der Waals surface area contributed by atoms with Gasteiger partial charge in [0.15, 0.2) is 0 Å². The highest BCUT2D eigenvalue weighted by Gasteiger charge is 2.29. The summed E-state index contributed by atoms with van der Waals surface area (Å²) in [7, 11) is -2.83. The molecule has 0 heterocycles. The molecule has 0 spiro atoms. The van der Waals surface area contributed by atoms with E-state index in [0.717, 1.165) is 5.56 Å². The lowest BCUT2D eigenvalue weighted by Crippen LogP contribution is -2.45. The highest BCUT2D eigenvalue weighted by Crippen LogP contribution is 2.28. The Bertz CT molecular complexity index is 1220. The molecule has 0 aliphatic rings. The summed E-state index contributed by atoms with van der Waals surface area (Å²) in [5.74, 6) is -0.513. The SMILES string of the molecule is COc1ccc(Cl)cc1S(=O)(=O)N[C@@H](Cc1ccccc1)C(=O)Nc1cc(Cl)ccc1Cl. The van der Waals surface area contributed by atoms with Crippen LogP contribution in [0, 0.1) is 0 Å². The number of rotatable bonds is 8. The van der Waals surface area contributed by atoms with Crippen LogP contribution in [0.25, 0.3) is 0 Å². The molecule has 0 fully saturated rings. The first-order chi connectivity index (χ1) is 15.2.